The molecule has 0 spiro atoms. The number of carbonyl (C=O) groups excluding carboxylic acids is 1. The summed E-state index contributed by atoms with van der Waals surface area (Å²) in [6.07, 6.45) is 42.3. The lowest BCUT2D eigenvalue weighted by molar-refractivity contribution is -0.128. The van der Waals surface area contributed by atoms with Crippen molar-refractivity contribution < 1.29 is 34.7 Å². The number of nitrogens with one attached hydrogen (secondary N) is 1. The molecule has 1 rings (SSSR count). The first-order valence-electron chi connectivity index (χ1n) is 25.3. The summed E-state index contributed by atoms with van der Waals surface area (Å²) in [6.45, 7) is 6.05. The number of ether oxygens (including phenoxy) is 2. The number of rotatable bonds is 43. The molecule has 344 valence electrons. The fraction of sp³-hybridized carbons (Fsp3) is 0.940. The van der Waals surface area contributed by atoms with Crippen LogP contribution in [-0.2, 0) is 14.3 Å². The van der Waals surface area contributed by atoms with Crippen LogP contribution in [0.25, 0.3) is 0 Å². The van der Waals surface area contributed by atoms with Crippen molar-refractivity contribution >= 4 is 5.91 Å². The summed E-state index contributed by atoms with van der Waals surface area (Å²) in [7, 11) is 0. The topological polar surface area (TPSA) is 128 Å². The zero-order chi connectivity index (χ0) is 42.3. The molecule has 0 aliphatic carbocycles. The highest BCUT2D eigenvalue weighted by Gasteiger charge is 2.32. The molecule has 1 aliphatic rings. The molecule has 1 amide bonds. The smallest absolute Gasteiger partial charge is 0.278 e. The summed E-state index contributed by atoms with van der Waals surface area (Å²) in [5.41, 5.74) is 0. The molecule has 0 saturated carbocycles. The van der Waals surface area contributed by atoms with E-state index in [-0.39, 0.29) is 18.5 Å². The van der Waals surface area contributed by atoms with Gasteiger partial charge in [0, 0.05) is 12.5 Å². The van der Waals surface area contributed by atoms with E-state index in [0.717, 1.165) is 38.5 Å². The van der Waals surface area contributed by atoms with Gasteiger partial charge in [-0.25, -0.2) is 0 Å². The van der Waals surface area contributed by atoms with Gasteiger partial charge in [0.15, 0.2) is 0 Å². The molecule has 5 N–H and O–H groups in total. The lowest BCUT2D eigenvalue weighted by Crippen LogP contribution is -2.51. The van der Waals surface area contributed by atoms with Crippen LogP contribution in [0.4, 0.5) is 0 Å². The van der Waals surface area contributed by atoms with E-state index in [9.17, 15) is 25.2 Å². The third-order valence-corrected chi connectivity index (χ3v) is 12.4. The molecule has 0 saturated heterocycles. The average molecular weight is 824 g/mol. The van der Waals surface area contributed by atoms with Crippen molar-refractivity contribution in [2.75, 3.05) is 6.61 Å². The quantitative estimate of drug-likeness (QED) is 0.0387. The molecule has 0 bridgehead atoms. The molecule has 58 heavy (non-hydrogen) atoms. The van der Waals surface area contributed by atoms with E-state index >= 15 is 0 Å². The Morgan fingerprint density at radius 2 is 0.931 bits per heavy atom. The SMILES string of the molecule is CCCCCCCCCCCCCCCCCCCCCCCCCC(=O)N[C@@H](COC1=CC(O)[C@H](O)C(C)O1)[C@H](O)[C@H](O)CCCCCCCCCCCCCC. The fourth-order valence-corrected chi connectivity index (χ4v) is 8.27. The Hall–Kier alpha value is -1.35. The van der Waals surface area contributed by atoms with E-state index in [2.05, 4.69) is 19.2 Å². The maximum Gasteiger partial charge on any atom is 0.278 e. The maximum absolute atomic E-state index is 13.0. The van der Waals surface area contributed by atoms with E-state index in [1.165, 1.54) is 192 Å². The van der Waals surface area contributed by atoms with Gasteiger partial charge in [-0.05, 0) is 19.8 Å². The number of hydrogen-bond donors (Lipinski definition) is 5. The van der Waals surface area contributed by atoms with Crippen LogP contribution < -0.4 is 5.32 Å². The second-order valence-corrected chi connectivity index (χ2v) is 18.0. The van der Waals surface area contributed by atoms with Crippen LogP contribution in [-0.4, -0.2) is 69.5 Å². The van der Waals surface area contributed by atoms with Crippen molar-refractivity contribution in [2.24, 2.45) is 0 Å². The van der Waals surface area contributed by atoms with Crippen LogP contribution in [0.2, 0.25) is 0 Å². The molecule has 0 fully saturated rings. The highest BCUT2D eigenvalue weighted by Crippen LogP contribution is 2.21. The highest BCUT2D eigenvalue weighted by atomic mass is 16.7. The Balaban J connectivity index is 2.20. The summed E-state index contributed by atoms with van der Waals surface area (Å²) in [5.74, 6) is -0.127. The summed E-state index contributed by atoms with van der Waals surface area (Å²) >= 11 is 0. The van der Waals surface area contributed by atoms with Gasteiger partial charge >= 0.3 is 0 Å². The van der Waals surface area contributed by atoms with Crippen LogP contribution in [0.3, 0.4) is 0 Å². The van der Waals surface area contributed by atoms with Crippen LogP contribution in [0.5, 0.6) is 0 Å². The molecule has 1 aliphatic heterocycles. The zero-order valence-corrected chi connectivity index (χ0v) is 38.4. The molecule has 0 radical (unpaired) electrons. The van der Waals surface area contributed by atoms with Gasteiger partial charge in [-0.2, -0.15) is 0 Å². The standard InChI is InChI=1S/C50H97NO7/c1-4-6-8-10-12-14-16-18-19-20-21-22-23-24-25-26-27-28-30-32-34-36-38-40-47(54)51-44(42-57-48-41-46(53)49(55)43(3)58-48)50(56)45(52)39-37-35-33-31-29-17-15-13-11-9-7-5-2/h41,43-46,49-50,52-53,55-56H,4-40,42H2,1-3H3,(H,51,54)/t43?,44-,45+,46?,49+,50-/m0/s1. The summed E-state index contributed by atoms with van der Waals surface area (Å²) < 4.78 is 11.3. The number of hydrogen-bond acceptors (Lipinski definition) is 7. The normalized spacial score (nSPS) is 18.4. The van der Waals surface area contributed by atoms with Crippen LogP contribution in [0.15, 0.2) is 12.0 Å². The molecule has 6 atom stereocenters. The van der Waals surface area contributed by atoms with Crippen molar-refractivity contribution in [2.45, 2.75) is 295 Å². The number of aliphatic hydroxyl groups is 4. The lowest BCUT2D eigenvalue weighted by atomic mass is 9.99. The Labute approximate surface area is 358 Å². The van der Waals surface area contributed by atoms with Crippen molar-refractivity contribution in [1.82, 2.24) is 5.32 Å². The first kappa shape index (κ1) is 54.7. The minimum absolute atomic E-state index is 0.0435. The van der Waals surface area contributed by atoms with Crippen molar-refractivity contribution in [3.63, 3.8) is 0 Å². The van der Waals surface area contributed by atoms with Gasteiger partial charge in [0.05, 0.1) is 12.1 Å². The molecule has 2 unspecified atom stereocenters. The molecule has 8 nitrogen and oxygen atoms in total. The number of amides is 1. The van der Waals surface area contributed by atoms with Gasteiger partial charge in [0.2, 0.25) is 5.91 Å². The molecular weight excluding hydrogens is 727 g/mol. The first-order valence-corrected chi connectivity index (χ1v) is 25.3. The monoisotopic (exact) mass is 824 g/mol. The van der Waals surface area contributed by atoms with E-state index < -0.39 is 36.6 Å². The third kappa shape index (κ3) is 31.5. The van der Waals surface area contributed by atoms with Crippen molar-refractivity contribution in [3.05, 3.63) is 12.0 Å². The van der Waals surface area contributed by atoms with Gasteiger partial charge in [0.1, 0.15) is 31.0 Å². The van der Waals surface area contributed by atoms with Gasteiger partial charge in [-0.1, -0.05) is 232 Å². The van der Waals surface area contributed by atoms with Crippen LogP contribution in [0.1, 0.15) is 258 Å². The maximum atomic E-state index is 13.0. The van der Waals surface area contributed by atoms with Crippen LogP contribution in [0, 0.1) is 0 Å². The number of unbranched alkanes of at least 4 members (excludes halogenated alkanes) is 33. The van der Waals surface area contributed by atoms with E-state index in [1.807, 2.05) is 0 Å². The largest absolute Gasteiger partial charge is 0.463 e. The lowest BCUT2D eigenvalue weighted by Gasteiger charge is -2.31. The second kappa shape index (κ2) is 39.8. The van der Waals surface area contributed by atoms with Gasteiger partial charge in [-0.15, -0.1) is 0 Å². The summed E-state index contributed by atoms with van der Waals surface area (Å²) in [6, 6.07) is -0.840. The molecular formula is C50H97NO7. The third-order valence-electron chi connectivity index (χ3n) is 12.4. The minimum atomic E-state index is -1.21. The predicted octanol–water partition coefficient (Wildman–Crippen LogP) is 12.7. The van der Waals surface area contributed by atoms with Crippen molar-refractivity contribution in [3.8, 4) is 0 Å². The summed E-state index contributed by atoms with van der Waals surface area (Å²) in [5, 5.41) is 45.1. The van der Waals surface area contributed by atoms with Crippen LogP contribution >= 0.6 is 0 Å². The molecule has 0 aromatic heterocycles. The Morgan fingerprint density at radius 3 is 1.29 bits per heavy atom. The molecule has 1 heterocycles. The zero-order valence-electron chi connectivity index (χ0n) is 38.4. The van der Waals surface area contributed by atoms with Crippen molar-refractivity contribution in [1.29, 1.82) is 0 Å². The van der Waals surface area contributed by atoms with Gasteiger partial charge in [0.25, 0.3) is 5.95 Å². The number of carbonyl (C=O) groups is 1. The van der Waals surface area contributed by atoms with Gasteiger partial charge < -0.3 is 35.2 Å². The van der Waals surface area contributed by atoms with E-state index in [4.69, 9.17) is 9.47 Å². The highest BCUT2D eigenvalue weighted by molar-refractivity contribution is 5.76. The predicted molar refractivity (Wildman–Crippen MR) is 243 cm³/mol. The summed E-state index contributed by atoms with van der Waals surface area (Å²) in [4.78, 5) is 13.0. The van der Waals surface area contributed by atoms with Gasteiger partial charge in [-0.3, -0.25) is 4.79 Å². The second-order valence-electron chi connectivity index (χ2n) is 18.0. The van der Waals surface area contributed by atoms with E-state index in [0.29, 0.717) is 12.8 Å². The average Bonchev–Trinajstić information content (AvgIpc) is 3.21. The Bertz CT molecular complexity index is 932. The molecule has 8 heteroatoms. The Kier molecular flexibility index (Phi) is 37.5. The first-order chi connectivity index (χ1) is 28.3. The minimum Gasteiger partial charge on any atom is -0.463 e. The van der Waals surface area contributed by atoms with E-state index in [1.54, 1.807) is 6.92 Å². The molecule has 0 aromatic carbocycles. The number of aliphatic hydroxyl groups excluding tert-OH is 4. The Morgan fingerprint density at radius 1 is 0.586 bits per heavy atom. The fourth-order valence-electron chi connectivity index (χ4n) is 8.27. The molecule has 0 aromatic rings.